The van der Waals surface area contributed by atoms with Gasteiger partial charge in [0, 0.05) is 37.4 Å². The standard InChI is InChI=1S/C18H26N4O4S/c1-12-7-15(12)18(24)20-5-3-14(4-6-20)22-16-10-21(9-13(16)8-19-22)17(23)11-27(2,25)26/h8,12,14-15H,3-7,9-11H2,1-2H3/t12-,15-/m0/s1. The van der Waals surface area contributed by atoms with Crippen LogP contribution in [0.2, 0.25) is 0 Å². The van der Waals surface area contributed by atoms with Gasteiger partial charge in [-0.3, -0.25) is 14.3 Å². The van der Waals surface area contributed by atoms with Crippen LogP contribution in [0.3, 0.4) is 0 Å². The number of rotatable bonds is 4. The number of fused-ring (bicyclic) bond motifs is 1. The van der Waals surface area contributed by atoms with Crippen LogP contribution in [0, 0.1) is 11.8 Å². The normalized spacial score (nSPS) is 25.6. The summed E-state index contributed by atoms with van der Waals surface area (Å²) >= 11 is 0. The van der Waals surface area contributed by atoms with E-state index in [1.807, 2.05) is 9.58 Å². The number of likely N-dealkylation sites (tertiary alicyclic amines) is 1. The minimum absolute atomic E-state index is 0.222. The minimum atomic E-state index is -3.33. The second-order valence-electron chi connectivity index (χ2n) is 8.26. The molecule has 3 aliphatic rings. The highest BCUT2D eigenvalue weighted by Crippen LogP contribution is 2.40. The van der Waals surface area contributed by atoms with Crippen LogP contribution in [0.1, 0.15) is 43.5 Å². The maximum atomic E-state index is 12.4. The van der Waals surface area contributed by atoms with Gasteiger partial charge >= 0.3 is 0 Å². The van der Waals surface area contributed by atoms with Crippen molar-refractivity contribution >= 4 is 21.7 Å². The van der Waals surface area contributed by atoms with Gasteiger partial charge in [-0.2, -0.15) is 5.10 Å². The van der Waals surface area contributed by atoms with Crippen molar-refractivity contribution in [2.75, 3.05) is 25.1 Å². The van der Waals surface area contributed by atoms with Crippen LogP contribution < -0.4 is 0 Å². The predicted octanol–water partition coefficient (Wildman–Crippen LogP) is 0.589. The molecular formula is C18H26N4O4S. The van der Waals surface area contributed by atoms with Crippen LogP contribution in [0.15, 0.2) is 6.20 Å². The van der Waals surface area contributed by atoms with Gasteiger partial charge in [0.05, 0.1) is 24.5 Å². The Bertz CT molecular complexity index is 870. The first kappa shape index (κ1) is 18.5. The summed E-state index contributed by atoms with van der Waals surface area (Å²) in [6.07, 6.45) is 5.60. The molecule has 1 aliphatic carbocycles. The third-order valence-corrected chi connectivity index (χ3v) is 6.75. The fraction of sp³-hybridized carbons (Fsp3) is 0.722. The zero-order valence-corrected chi connectivity index (χ0v) is 16.6. The van der Waals surface area contributed by atoms with Crippen molar-refractivity contribution in [3.63, 3.8) is 0 Å². The van der Waals surface area contributed by atoms with Crippen molar-refractivity contribution in [3.8, 4) is 0 Å². The molecule has 0 radical (unpaired) electrons. The van der Waals surface area contributed by atoms with E-state index in [1.165, 1.54) is 0 Å². The average molecular weight is 394 g/mol. The minimum Gasteiger partial charge on any atom is -0.342 e. The number of hydrogen-bond donors (Lipinski definition) is 0. The number of aromatic nitrogens is 2. The predicted molar refractivity (Wildman–Crippen MR) is 98.3 cm³/mol. The number of piperidine rings is 1. The summed E-state index contributed by atoms with van der Waals surface area (Å²) < 4.78 is 24.8. The van der Waals surface area contributed by atoms with Crippen molar-refractivity contribution in [1.82, 2.24) is 19.6 Å². The molecule has 0 unspecified atom stereocenters. The van der Waals surface area contributed by atoms with E-state index in [4.69, 9.17) is 0 Å². The Balaban J connectivity index is 1.38. The number of carbonyl (C=O) groups excluding carboxylic acids is 2. The van der Waals surface area contributed by atoms with Crippen LogP contribution in [-0.2, 0) is 32.5 Å². The summed E-state index contributed by atoms with van der Waals surface area (Å²) in [5.41, 5.74) is 1.99. The zero-order chi connectivity index (χ0) is 19.3. The van der Waals surface area contributed by atoms with Crippen LogP contribution in [0.25, 0.3) is 0 Å². The lowest BCUT2D eigenvalue weighted by molar-refractivity contribution is -0.134. The lowest BCUT2D eigenvalue weighted by Crippen LogP contribution is -2.40. The monoisotopic (exact) mass is 394 g/mol. The van der Waals surface area contributed by atoms with Crippen LogP contribution in [-0.4, -0.2) is 64.9 Å². The second-order valence-corrected chi connectivity index (χ2v) is 10.4. The molecule has 0 N–H and O–H groups in total. The number of amides is 2. The molecule has 148 valence electrons. The molecule has 3 heterocycles. The molecule has 8 nitrogen and oxygen atoms in total. The number of carbonyl (C=O) groups is 2. The summed E-state index contributed by atoms with van der Waals surface area (Å²) in [5, 5.41) is 4.52. The summed E-state index contributed by atoms with van der Waals surface area (Å²) in [4.78, 5) is 28.2. The first-order valence-electron chi connectivity index (χ1n) is 9.52. The molecule has 27 heavy (non-hydrogen) atoms. The molecule has 1 saturated carbocycles. The molecule has 0 spiro atoms. The fourth-order valence-electron chi connectivity index (χ4n) is 4.21. The highest BCUT2D eigenvalue weighted by Gasteiger charge is 2.42. The number of nitrogens with zero attached hydrogens (tertiary/aromatic N) is 4. The van der Waals surface area contributed by atoms with Crippen molar-refractivity contribution in [3.05, 3.63) is 17.5 Å². The Morgan fingerprint density at radius 3 is 2.44 bits per heavy atom. The second kappa shape index (κ2) is 6.61. The van der Waals surface area contributed by atoms with Crippen LogP contribution >= 0.6 is 0 Å². The Kier molecular flexibility index (Phi) is 4.52. The summed E-state index contributed by atoms with van der Waals surface area (Å²) in [5.74, 6) is 0.235. The Labute approximate surface area is 159 Å². The maximum absolute atomic E-state index is 12.4. The van der Waals surface area contributed by atoms with E-state index in [9.17, 15) is 18.0 Å². The summed E-state index contributed by atoms with van der Waals surface area (Å²) in [7, 11) is -3.33. The molecule has 9 heteroatoms. The largest absolute Gasteiger partial charge is 0.342 e. The van der Waals surface area contributed by atoms with Gasteiger partial charge in [0.2, 0.25) is 11.8 Å². The Morgan fingerprint density at radius 2 is 1.85 bits per heavy atom. The fourth-order valence-corrected chi connectivity index (χ4v) is 4.84. The lowest BCUT2D eigenvalue weighted by atomic mass is 10.0. The van der Waals surface area contributed by atoms with E-state index in [0.29, 0.717) is 24.9 Å². The van der Waals surface area contributed by atoms with Gasteiger partial charge in [-0.05, 0) is 25.2 Å². The average Bonchev–Trinajstić information content (AvgIpc) is 3.01. The van der Waals surface area contributed by atoms with Gasteiger partial charge < -0.3 is 9.80 Å². The molecular weight excluding hydrogens is 368 g/mol. The van der Waals surface area contributed by atoms with E-state index in [1.54, 1.807) is 11.1 Å². The molecule has 1 aromatic rings. The van der Waals surface area contributed by atoms with Crippen molar-refractivity contribution in [2.24, 2.45) is 11.8 Å². The highest BCUT2D eigenvalue weighted by atomic mass is 32.2. The quantitative estimate of drug-likeness (QED) is 0.745. The number of sulfone groups is 1. The van der Waals surface area contributed by atoms with E-state index < -0.39 is 15.6 Å². The lowest BCUT2D eigenvalue weighted by Gasteiger charge is -2.33. The van der Waals surface area contributed by atoms with Gasteiger partial charge in [-0.15, -0.1) is 0 Å². The van der Waals surface area contributed by atoms with E-state index in [-0.39, 0.29) is 17.9 Å². The number of hydrogen-bond acceptors (Lipinski definition) is 5. The molecule has 2 amide bonds. The molecule has 1 saturated heterocycles. The molecule has 1 aromatic heterocycles. The van der Waals surface area contributed by atoms with E-state index in [0.717, 1.165) is 49.9 Å². The van der Waals surface area contributed by atoms with E-state index >= 15 is 0 Å². The van der Waals surface area contributed by atoms with Crippen molar-refractivity contribution in [2.45, 2.75) is 45.3 Å². The van der Waals surface area contributed by atoms with Gasteiger partial charge in [0.1, 0.15) is 5.75 Å². The SMILES string of the molecule is C[C@H]1C[C@@H]1C(=O)N1CCC(n2ncc3c2CN(C(=O)CS(C)(=O)=O)C3)CC1. The van der Waals surface area contributed by atoms with Gasteiger partial charge in [-0.1, -0.05) is 6.92 Å². The summed E-state index contributed by atoms with van der Waals surface area (Å²) in [6.45, 7) is 4.44. The van der Waals surface area contributed by atoms with Gasteiger partial charge in [0.15, 0.2) is 9.84 Å². The van der Waals surface area contributed by atoms with Crippen molar-refractivity contribution in [1.29, 1.82) is 0 Å². The molecule has 2 fully saturated rings. The molecule has 2 atom stereocenters. The summed E-state index contributed by atoms with van der Waals surface area (Å²) in [6, 6.07) is 0.222. The van der Waals surface area contributed by atoms with E-state index in [2.05, 4.69) is 12.0 Å². The maximum Gasteiger partial charge on any atom is 0.238 e. The Morgan fingerprint density at radius 1 is 1.19 bits per heavy atom. The molecule has 2 aliphatic heterocycles. The van der Waals surface area contributed by atoms with Gasteiger partial charge in [-0.25, -0.2) is 8.42 Å². The first-order valence-corrected chi connectivity index (χ1v) is 11.6. The Hall–Kier alpha value is -1.90. The van der Waals surface area contributed by atoms with Crippen LogP contribution in [0.5, 0.6) is 0 Å². The first-order chi connectivity index (χ1) is 12.7. The topological polar surface area (TPSA) is 92.6 Å². The van der Waals surface area contributed by atoms with Gasteiger partial charge in [0.25, 0.3) is 0 Å². The molecule has 0 aromatic carbocycles. The third kappa shape index (κ3) is 3.74. The third-order valence-electron chi connectivity index (χ3n) is 5.97. The molecule has 0 bridgehead atoms. The zero-order valence-electron chi connectivity index (χ0n) is 15.8. The van der Waals surface area contributed by atoms with Crippen LogP contribution in [0.4, 0.5) is 0 Å². The molecule has 4 rings (SSSR count). The highest BCUT2D eigenvalue weighted by molar-refractivity contribution is 7.91. The van der Waals surface area contributed by atoms with Crippen molar-refractivity contribution < 1.29 is 18.0 Å². The smallest absolute Gasteiger partial charge is 0.238 e.